The third-order valence-electron chi connectivity index (χ3n) is 6.90. The Morgan fingerprint density at radius 1 is 0.969 bits per heavy atom. The van der Waals surface area contributed by atoms with Crippen LogP contribution in [0.15, 0.2) is 53.5 Å². The maximum absolute atomic E-state index is 12.8. The number of nitrogens with zero attached hydrogens (tertiary/aromatic N) is 1. The van der Waals surface area contributed by atoms with Gasteiger partial charge in [-0.25, -0.2) is 4.99 Å². The second-order valence-corrected chi connectivity index (χ2v) is 9.18. The maximum Gasteiger partial charge on any atom is 0.280 e. The van der Waals surface area contributed by atoms with Crippen molar-refractivity contribution in [1.82, 2.24) is 4.98 Å². The van der Waals surface area contributed by atoms with Gasteiger partial charge in [0, 0.05) is 5.56 Å². The molecule has 1 aliphatic carbocycles. The van der Waals surface area contributed by atoms with Crippen LogP contribution in [0.4, 0.5) is 0 Å². The van der Waals surface area contributed by atoms with E-state index in [0.29, 0.717) is 28.5 Å². The van der Waals surface area contributed by atoms with Gasteiger partial charge >= 0.3 is 0 Å². The van der Waals surface area contributed by atoms with E-state index in [2.05, 4.69) is 60.2 Å². The first-order valence-electron chi connectivity index (χ1n) is 11.9. The number of aromatic amines is 1. The highest BCUT2D eigenvalue weighted by Crippen LogP contribution is 2.50. The number of hydrogen-bond acceptors (Lipinski definition) is 2. The molecule has 5 rings (SSSR count). The van der Waals surface area contributed by atoms with Crippen molar-refractivity contribution in [3.8, 4) is 17.1 Å². The molecule has 1 fully saturated rings. The number of H-pyrrole nitrogens is 1. The van der Waals surface area contributed by atoms with E-state index < -0.39 is 0 Å². The highest BCUT2D eigenvalue weighted by atomic mass is 16.3. The molecule has 2 heterocycles. The normalized spacial score (nSPS) is 19.2. The maximum atomic E-state index is 12.8. The lowest BCUT2D eigenvalue weighted by Gasteiger charge is -2.04. The summed E-state index contributed by atoms with van der Waals surface area (Å²) in [5, 5.41) is 10.7. The van der Waals surface area contributed by atoms with Crippen LogP contribution in [0, 0.1) is 5.92 Å². The fourth-order valence-corrected chi connectivity index (χ4v) is 5.02. The predicted octanol–water partition coefficient (Wildman–Crippen LogP) is 6.62. The average Bonchev–Trinajstić information content (AvgIpc) is 3.37. The number of benzene rings is 2. The van der Waals surface area contributed by atoms with Crippen LogP contribution in [-0.2, 0) is 6.42 Å². The number of unbranched alkanes of at least 4 members (excludes halogenated alkanes) is 1. The van der Waals surface area contributed by atoms with Crippen molar-refractivity contribution >= 4 is 11.6 Å². The summed E-state index contributed by atoms with van der Waals surface area (Å²) in [5.74, 6) is 1.19. The summed E-state index contributed by atoms with van der Waals surface area (Å²) in [5.41, 5.74) is 6.57. The molecule has 4 heteroatoms. The number of fused-ring (bicyclic) bond motifs is 1. The Balaban J connectivity index is 1.42. The summed E-state index contributed by atoms with van der Waals surface area (Å²) in [6.07, 6.45) is 7.16. The van der Waals surface area contributed by atoms with Gasteiger partial charge in [0.05, 0.1) is 22.5 Å². The molecule has 3 aromatic rings. The molecule has 2 aromatic carbocycles. The van der Waals surface area contributed by atoms with E-state index >= 15 is 0 Å². The van der Waals surface area contributed by atoms with Gasteiger partial charge in [0.15, 0.2) is 5.88 Å². The number of rotatable bonds is 8. The van der Waals surface area contributed by atoms with Gasteiger partial charge < -0.3 is 10.1 Å². The van der Waals surface area contributed by atoms with Gasteiger partial charge in [0.1, 0.15) is 0 Å². The summed E-state index contributed by atoms with van der Waals surface area (Å²) >= 11 is 0. The number of carbonyl (C=O) groups excluding carboxylic acids is 1. The molecule has 32 heavy (non-hydrogen) atoms. The molecule has 1 amide bonds. The molecule has 2 unspecified atom stereocenters. The van der Waals surface area contributed by atoms with Crippen LogP contribution >= 0.6 is 0 Å². The lowest BCUT2D eigenvalue weighted by Crippen LogP contribution is -2.00. The Labute approximate surface area is 189 Å². The molecule has 0 spiro atoms. The van der Waals surface area contributed by atoms with Crippen molar-refractivity contribution < 1.29 is 9.90 Å². The van der Waals surface area contributed by atoms with Gasteiger partial charge in [0.25, 0.3) is 5.91 Å². The van der Waals surface area contributed by atoms with Crippen LogP contribution in [-0.4, -0.2) is 21.7 Å². The van der Waals surface area contributed by atoms with Crippen LogP contribution in [0.1, 0.15) is 84.5 Å². The summed E-state index contributed by atoms with van der Waals surface area (Å²) in [7, 11) is 0. The Kier molecular flexibility index (Phi) is 5.46. The minimum Gasteiger partial charge on any atom is -0.494 e. The second kappa shape index (κ2) is 8.42. The highest BCUT2D eigenvalue weighted by molar-refractivity contribution is 6.30. The van der Waals surface area contributed by atoms with Crippen LogP contribution in [0.5, 0.6) is 5.88 Å². The molecule has 0 bridgehead atoms. The molecule has 2 N–H and O–H groups in total. The van der Waals surface area contributed by atoms with Crippen molar-refractivity contribution in [2.75, 3.05) is 0 Å². The smallest absolute Gasteiger partial charge is 0.280 e. The van der Waals surface area contributed by atoms with E-state index in [1.807, 2.05) is 12.1 Å². The third kappa shape index (κ3) is 3.68. The lowest BCUT2D eigenvalue weighted by molar-refractivity contribution is 0.101. The monoisotopic (exact) mass is 426 g/mol. The Hall–Kier alpha value is -3.14. The standard InChI is InChI=1S/C28H30N2O2/c1-3-5-7-17-8-10-19(11-9-17)25-23-24(28(32)29-25)26(30-27(23)31)20-14-12-18(13-15-20)22-16-21(22)6-4-2/h8-15,21-22,30-31H,3-7,16H2,1-2H3. The number of aromatic hydroxyl groups is 1. The molecular formula is C28H30N2O2. The quantitative estimate of drug-likeness (QED) is 0.425. The number of hydrogen-bond donors (Lipinski definition) is 2. The SMILES string of the molecule is CCCCc1ccc(C2=NC(=O)c3c(-c4ccc(C5CC5CCC)cc4)[nH]c(O)c32)cc1. The number of nitrogens with one attached hydrogen (secondary N) is 1. The second-order valence-electron chi connectivity index (χ2n) is 9.18. The fourth-order valence-electron chi connectivity index (χ4n) is 5.02. The van der Waals surface area contributed by atoms with E-state index in [1.54, 1.807) is 0 Å². The summed E-state index contributed by atoms with van der Waals surface area (Å²) in [4.78, 5) is 20.2. The number of aromatic nitrogens is 1. The molecule has 1 aromatic heterocycles. The van der Waals surface area contributed by atoms with E-state index in [0.717, 1.165) is 36.3 Å². The van der Waals surface area contributed by atoms with Gasteiger partial charge in [-0.05, 0) is 47.8 Å². The molecule has 1 aliphatic heterocycles. The zero-order chi connectivity index (χ0) is 22.2. The van der Waals surface area contributed by atoms with Gasteiger partial charge in [-0.1, -0.05) is 81.6 Å². The number of carbonyl (C=O) groups is 1. The zero-order valence-electron chi connectivity index (χ0n) is 18.8. The van der Waals surface area contributed by atoms with E-state index in [1.165, 1.54) is 30.4 Å². The first-order chi connectivity index (χ1) is 15.6. The highest BCUT2D eigenvalue weighted by Gasteiger charge is 2.37. The van der Waals surface area contributed by atoms with E-state index in [4.69, 9.17) is 0 Å². The van der Waals surface area contributed by atoms with Crippen LogP contribution in [0.3, 0.4) is 0 Å². The molecule has 0 radical (unpaired) electrons. The predicted molar refractivity (Wildman–Crippen MR) is 129 cm³/mol. The molecule has 4 nitrogen and oxygen atoms in total. The van der Waals surface area contributed by atoms with Crippen molar-refractivity contribution in [2.45, 2.75) is 58.3 Å². The average molecular weight is 427 g/mol. The largest absolute Gasteiger partial charge is 0.494 e. The summed E-state index contributed by atoms with van der Waals surface area (Å²) < 4.78 is 0. The number of amides is 1. The van der Waals surface area contributed by atoms with Crippen LogP contribution < -0.4 is 0 Å². The zero-order valence-corrected chi connectivity index (χ0v) is 18.8. The van der Waals surface area contributed by atoms with Crippen molar-refractivity contribution in [2.24, 2.45) is 10.9 Å². The van der Waals surface area contributed by atoms with E-state index in [9.17, 15) is 9.90 Å². The van der Waals surface area contributed by atoms with Gasteiger partial charge in [-0.2, -0.15) is 0 Å². The Morgan fingerprint density at radius 2 is 1.69 bits per heavy atom. The molecule has 2 aliphatic rings. The number of aliphatic imine (C=N–C) groups is 1. The van der Waals surface area contributed by atoms with Gasteiger partial charge in [-0.3, -0.25) is 4.79 Å². The van der Waals surface area contributed by atoms with Crippen molar-refractivity contribution in [1.29, 1.82) is 0 Å². The summed E-state index contributed by atoms with van der Waals surface area (Å²) in [6.45, 7) is 4.43. The van der Waals surface area contributed by atoms with Crippen molar-refractivity contribution in [3.63, 3.8) is 0 Å². The Bertz CT molecular complexity index is 1170. The first-order valence-corrected chi connectivity index (χ1v) is 11.9. The van der Waals surface area contributed by atoms with Gasteiger partial charge in [0.2, 0.25) is 0 Å². The topological polar surface area (TPSA) is 65.5 Å². The van der Waals surface area contributed by atoms with Crippen LogP contribution in [0.2, 0.25) is 0 Å². The van der Waals surface area contributed by atoms with Crippen molar-refractivity contribution in [3.05, 3.63) is 76.3 Å². The molecule has 2 atom stereocenters. The molecular weight excluding hydrogens is 396 g/mol. The van der Waals surface area contributed by atoms with Crippen LogP contribution in [0.25, 0.3) is 11.3 Å². The minimum atomic E-state index is -0.300. The van der Waals surface area contributed by atoms with Gasteiger partial charge in [-0.15, -0.1) is 0 Å². The minimum absolute atomic E-state index is 0.00365. The molecule has 0 saturated heterocycles. The lowest BCUT2D eigenvalue weighted by atomic mass is 9.98. The third-order valence-corrected chi connectivity index (χ3v) is 6.90. The van der Waals surface area contributed by atoms with E-state index in [-0.39, 0.29) is 11.8 Å². The fraction of sp³-hybridized carbons (Fsp3) is 0.357. The summed E-state index contributed by atoms with van der Waals surface area (Å²) in [6, 6.07) is 16.6. The molecule has 164 valence electrons. The number of aryl methyl sites for hydroxylation is 1. The first kappa shape index (κ1) is 20.7. The molecule has 1 saturated carbocycles. The Morgan fingerprint density at radius 3 is 2.38 bits per heavy atom.